The van der Waals surface area contributed by atoms with Crippen molar-refractivity contribution in [2.45, 2.75) is 0 Å². The SMILES string of the molecule is Cn1cccc1C(=O)c1sc(-c2cccc(F)c2)nc1O. The molecule has 0 aliphatic rings. The number of aryl methyl sites for hydroxylation is 1. The van der Waals surface area contributed by atoms with E-state index in [2.05, 4.69) is 4.98 Å². The van der Waals surface area contributed by atoms with Crippen LogP contribution in [-0.2, 0) is 7.05 Å². The molecule has 0 fully saturated rings. The summed E-state index contributed by atoms with van der Waals surface area (Å²) in [6, 6.07) is 9.30. The van der Waals surface area contributed by atoms with E-state index in [0.29, 0.717) is 16.3 Å². The second-order valence-corrected chi connectivity index (χ2v) is 5.51. The van der Waals surface area contributed by atoms with Gasteiger partial charge in [0.15, 0.2) is 0 Å². The van der Waals surface area contributed by atoms with Crippen LogP contribution in [0.25, 0.3) is 10.6 Å². The molecule has 106 valence electrons. The van der Waals surface area contributed by atoms with Crippen LogP contribution < -0.4 is 0 Å². The lowest BCUT2D eigenvalue weighted by Crippen LogP contribution is -2.05. The number of hydrogen-bond donors (Lipinski definition) is 1. The van der Waals surface area contributed by atoms with Gasteiger partial charge in [-0.15, -0.1) is 11.3 Å². The predicted molar refractivity (Wildman–Crippen MR) is 78.0 cm³/mol. The van der Waals surface area contributed by atoms with Gasteiger partial charge in [-0.1, -0.05) is 12.1 Å². The van der Waals surface area contributed by atoms with Gasteiger partial charge in [0.2, 0.25) is 11.7 Å². The molecule has 0 aliphatic carbocycles. The fourth-order valence-electron chi connectivity index (χ4n) is 2.02. The van der Waals surface area contributed by atoms with Crippen molar-refractivity contribution < 1.29 is 14.3 Å². The molecule has 0 saturated heterocycles. The Morgan fingerprint density at radius 1 is 1.33 bits per heavy atom. The van der Waals surface area contributed by atoms with Crippen molar-refractivity contribution in [3.8, 4) is 16.5 Å². The van der Waals surface area contributed by atoms with E-state index in [1.807, 2.05) is 0 Å². The first-order valence-corrected chi connectivity index (χ1v) is 6.99. The summed E-state index contributed by atoms with van der Waals surface area (Å²) in [6.45, 7) is 0. The molecule has 0 amide bonds. The number of benzene rings is 1. The van der Waals surface area contributed by atoms with E-state index in [-0.39, 0.29) is 16.5 Å². The fraction of sp³-hybridized carbons (Fsp3) is 0.0667. The Morgan fingerprint density at radius 2 is 2.14 bits per heavy atom. The van der Waals surface area contributed by atoms with Crippen LogP contribution in [0.5, 0.6) is 5.88 Å². The number of ketones is 1. The molecule has 0 unspecified atom stereocenters. The Labute approximate surface area is 124 Å². The van der Waals surface area contributed by atoms with Gasteiger partial charge in [0.25, 0.3) is 0 Å². The van der Waals surface area contributed by atoms with Gasteiger partial charge in [-0.25, -0.2) is 9.37 Å². The number of halogens is 1. The van der Waals surface area contributed by atoms with Crippen LogP contribution in [-0.4, -0.2) is 20.4 Å². The van der Waals surface area contributed by atoms with Gasteiger partial charge in [0, 0.05) is 18.8 Å². The molecule has 3 aromatic rings. The summed E-state index contributed by atoms with van der Waals surface area (Å²) in [4.78, 5) is 16.5. The Morgan fingerprint density at radius 3 is 2.81 bits per heavy atom. The number of nitrogens with zero attached hydrogens (tertiary/aromatic N) is 2. The molecular weight excluding hydrogens is 291 g/mol. The molecule has 1 N–H and O–H groups in total. The van der Waals surface area contributed by atoms with Crippen molar-refractivity contribution >= 4 is 17.1 Å². The van der Waals surface area contributed by atoms with Crippen molar-refractivity contribution in [2.75, 3.05) is 0 Å². The third-order valence-corrected chi connectivity index (χ3v) is 4.16. The maximum Gasteiger partial charge on any atom is 0.234 e. The van der Waals surface area contributed by atoms with Crippen molar-refractivity contribution in [2.24, 2.45) is 7.05 Å². The average Bonchev–Trinajstić information content (AvgIpc) is 3.04. The molecule has 0 aliphatic heterocycles. The van der Waals surface area contributed by atoms with Gasteiger partial charge in [-0.2, -0.15) is 0 Å². The quantitative estimate of drug-likeness (QED) is 0.756. The molecule has 2 aromatic heterocycles. The number of rotatable bonds is 3. The number of aromatic hydroxyl groups is 1. The summed E-state index contributed by atoms with van der Waals surface area (Å²) in [5.41, 5.74) is 0.987. The summed E-state index contributed by atoms with van der Waals surface area (Å²) in [5.74, 6) is -1.02. The minimum atomic E-state index is -0.391. The Kier molecular flexibility index (Phi) is 3.31. The summed E-state index contributed by atoms with van der Waals surface area (Å²) in [5, 5.41) is 10.3. The number of carbonyl (C=O) groups excluding carboxylic acids is 1. The molecule has 2 heterocycles. The zero-order valence-corrected chi connectivity index (χ0v) is 11.9. The normalized spacial score (nSPS) is 10.8. The lowest BCUT2D eigenvalue weighted by atomic mass is 10.2. The highest BCUT2D eigenvalue weighted by Crippen LogP contribution is 2.33. The van der Waals surface area contributed by atoms with E-state index >= 15 is 0 Å². The topological polar surface area (TPSA) is 55.1 Å². The Balaban J connectivity index is 2.03. The standard InChI is InChI=1S/C15H11FN2O2S/c1-18-7-3-6-11(18)12(19)13-14(20)17-15(21-13)9-4-2-5-10(16)8-9/h2-8,20H,1H3. The minimum absolute atomic E-state index is 0.149. The maximum atomic E-state index is 13.2. The smallest absolute Gasteiger partial charge is 0.234 e. The Bertz CT molecular complexity index is 823. The molecule has 0 radical (unpaired) electrons. The van der Waals surface area contributed by atoms with Crippen LogP contribution in [0, 0.1) is 5.82 Å². The van der Waals surface area contributed by atoms with Gasteiger partial charge in [-0.05, 0) is 24.3 Å². The first-order valence-electron chi connectivity index (χ1n) is 6.18. The minimum Gasteiger partial charge on any atom is -0.492 e. The fourth-order valence-corrected chi connectivity index (χ4v) is 2.92. The number of hydrogen-bond acceptors (Lipinski definition) is 4. The Hall–Kier alpha value is -2.47. The third kappa shape index (κ3) is 2.45. The third-order valence-electron chi connectivity index (χ3n) is 3.06. The van der Waals surface area contributed by atoms with Crippen molar-refractivity contribution in [3.05, 3.63) is 59.0 Å². The largest absolute Gasteiger partial charge is 0.492 e. The molecule has 21 heavy (non-hydrogen) atoms. The number of thiazole rings is 1. The first-order chi connectivity index (χ1) is 10.1. The molecule has 4 nitrogen and oxygen atoms in total. The van der Waals surface area contributed by atoms with Crippen LogP contribution >= 0.6 is 11.3 Å². The lowest BCUT2D eigenvalue weighted by Gasteiger charge is -1.99. The summed E-state index contributed by atoms with van der Waals surface area (Å²) in [6.07, 6.45) is 1.75. The summed E-state index contributed by atoms with van der Waals surface area (Å²) >= 11 is 1.05. The average molecular weight is 302 g/mol. The molecule has 0 saturated carbocycles. The monoisotopic (exact) mass is 302 g/mol. The number of aromatic nitrogens is 2. The van der Waals surface area contributed by atoms with Crippen LogP contribution in [0.3, 0.4) is 0 Å². The molecule has 1 aromatic carbocycles. The van der Waals surface area contributed by atoms with Crippen LogP contribution in [0.15, 0.2) is 42.6 Å². The molecular formula is C15H11FN2O2S. The molecule has 0 spiro atoms. The molecule has 6 heteroatoms. The van der Waals surface area contributed by atoms with Gasteiger partial charge in [-0.3, -0.25) is 4.79 Å². The van der Waals surface area contributed by atoms with Crippen LogP contribution in [0.2, 0.25) is 0 Å². The van der Waals surface area contributed by atoms with Gasteiger partial charge < -0.3 is 9.67 Å². The first kappa shape index (κ1) is 13.5. The number of carbonyl (C=O) groups is 1. The van der Waals surface area contributed by atoms with Gasteiger partial charge in [0.1, 0.15) is 15.7 Å². The second-order valence-electron chi connectivity index (χ2n) is 4.52. The highest BCUT2D eigenvalue weighted by molar-refractivity contribution is 7.17. The zero-order chi connectivity index (χ0) is 15.0. The van der Waals surface area contributed by atoms with E-state index in [9.17, 15) is 14.3 Å². The maximum absolute atomic E-state index is 13.2. The van der Waals surface area contributed by atoms with E-state index in [1.165, 1.54) is 12.1 Å². The molecule has 3 rings (SSSR count). The van der Waals surface area contributed by atoms with Gasteiger partial charge in [0.05, 0.1) is 5.69 Å². The van der Waals surface area contributed by atoms with E-state index in [4.69, 9.17) is 0 Å². The predicted octanol–water partition coefficient (Wildman–Crippen LogP) is 3.22. The second kappa shape index (κ2) is 5.14. The molecule has 0 atom stereocenters. The lowest BCUT2D eigenvalue weighted by molar-refractivity contribution is 0.103. The zero-order valence-electron chi connectivity index (χ0n) is 11.1. The highest BCUT2D eigenvalue weighted by Gasteiger charge is 2.21. The van der Waals surface area contributed by atoms with Crippen molar-refractivity contribution in [3.63, 3.8) is 0 Å². The van der Waals surface area contributed by atoms with Crippen molar-refractivity contribution in [1.82, 2.24) is 9.55 Å². The highest BCUT2D eigenvalue weighted by atomic mass is 32.1. The van der Waals surface area contributed by atoms with Crippen molar-refractivity contribution in [1.29, 1.82) is 0 Å². The summed E-state index contributed by atoms with van der Waals surface area (Å²) < 4.78 is 14.9. The van der Waals surface area contributed by atoms with E-state index in [0.717, 1.165) is 11.3 Å². The van der Waals surface area contributed by atoms with Crippen LogP contribution in [0.4, 0.5) is 4.39 Å². The van der Waals surface area contributed by atoms with E-state index in [1.54, 1.807) is 42.1 Å². The molecule has 0 bridgehead atoms. The van der Waals surface area contributed by atoms with Crippen LogP contribution in [0.1, 0.15) is 15.4 Å². The van der Waals surface area contributed by atoms with E-state index < -0.39 is 5.82 Å². The van der Waals surface area contributed by atoms with Gasteiger partial charge >= 0.3 is 0 Å². The summed E-state index contributed by atoms with van der Waals surface area (Å²) in [7, 11) is 1.75.